The summed E-state index contributed by atoms with van der Waals surface area (Å²) in [6.07, 6.45) is 0.891. The summed E-state index contributed by atoms with van der Waals surface area (Å²) in [5.74, 6) is 0. The first kappa shape index (κ1) is 11.6. The predicted octanol–water partition coefficient (Wildman–Crippen LogP) is 1.07. The third-order valence-electron chi connectivity index (χ3n) is 1.62. The van der Waals surface area contributed by atoms with Crippen LogP contribution >= 0.6 is 0 Å². The van der Waals surface area contributed by atoms with Crippen molar-refractivity contribution in [1.82, 2.24) is 0 Å². The first-order valence-corrected chi connectivity index (χ1v) is 5.78. The highest BCUT2D eigenvalue weighted by Gasteiger charge is 2.14. The number of rotatable bonds is 4. The number of hydrogen-bond donors (Lipinski definition) is 0. The van der Waals surface area contributed by atoms with E-state index < -0.39 is 15.0 Å². The molecule has 0 aliphatic heterocycles. The van der Waals surface area contributed by atoms with Crippen molar-refractivity contribution in [3.63, 3.8) is 0 Å². The van der Waals surface area contributed by atoms with Gasteiger partial charge < -0.3 is 0 Å². The van der Waals surface area contributed by atoms with Crippen LogP contribution in [0.15, 0.2) is 24.3 Å². The van der Waals surface area contributed by atoms with Crippen LogP contribution in [-0.2, 0) is 20.9 Å². The zero-order valence-electron chi connectivity index (χ0n) is 7.91. The van der Waals surface area contributed by atoms with Crippen molar-refractivity contribution in [2.75, 3.05) is 6.26 Å². The van der Waals surface area contributed by atoms with E-state index in [0.29, 0.717) is 0 Å². The van der Waals surface area contributed by atoms with Crippen molar-refractivity contribution >= 4 is 15.8 Å². The van der Waals surface area contributed by atoms with Crippen LogP contribution in [0.1, 0.15) is 5.56 Å². The van der Waals surface area contributed by atoms with E-state index in [0.717, 1.165) is 6.26 Å². The standard InChI is InChI=1S/C8H9NO5S/c1-15(12,13)14-6-7-4-2-3-5-8(7)9(10)11/h2-5H,6H2,1H3. The summed E-state index contributed by atoms with van der Waals surface area (Å²) in [4.78, 5) is 9.96. The van der Waals surface area contributed by atoms with E-state index in [9.17, 15) is 18.5 Å². The molecule has 0 fully saturated rings. The lowest BCUT2D eigenvalue weighted by molar-refractivity contribution is -0.385. The molecule has 7 heteroatoms. The van der Waals surface area contributed by atoms with Gasteiger partial charge in [0, 0.05) is 6.07 Å². The van der Waals surface area contributed by atoms with Crippen molar-refractivity contribution in [2.24, 2.45) is 0 Å². The van der Waals surface area contributed by atoms with Gasteiger partial charge in [0.05, 0.1) is 23.3 Å². The first-order chi connectivity index (χ1) is 6.90. The number of nitrogens with zero attached hydrogens (tertiary/aromatic N) is 1. The molecule has 0 aliphatic carbocycles. The normalized spacial score (nSPS) is 11.3. The average Bonchev–Trinajstić information content (AvgIpc) is 2.14. The molecule has 82 valence electrons. The lowest BCUT2D eigenvalue weighted by Crippen LogP contribution is -2.04. The van der Waals surface area contributed by atoms with Gasteiger partial charge in [-0.05, 0) is 6.07 Å². The molecule has 0 amide bonds. The van der Waals surface area contributed by atoms with Gasteiger partial charge in [0.15, 0.2) is 0 Å². The van der Waals surface area contributed by atoms with Crippen LogP contribution in [0.5, 0.6) is 0 Å². The van der Waals surface area contributed by atoms with E-state index in [2.05, 4.69) is 4.18 Å². The SMILES string of the molecule is CS(=O)(=O)OCc1ccccc1[N+](=O)[O-]. The van der Waals surface area contributed by atoms with E-state index in [1.165, 1.54) is 18.2 Å². The Morgan fingerprint density at radius 1 is 1.40 bits per heavy atom. The molecule has 0 N–H and O–H groups in total. The van der Waals surface area contributed by atoms with Crippen LogP contribution < -0.4 is 0 Å². The molecular weight excluding hydrogens is 222 g/mol. The molecule has 1 rings (SSSR count). The maximum Gasteiger partial charge on any atom is 0.274 e. The van der Waals surface area contributed by atoms with Gasteiger partial charge in [-0.1, -0.05) is 12.1 Å². The summed E-state index contributed by atoms with van der Waals surface area (Å²) in [5, 5.41) is 10.5. The molecule has 0 saturated heterocycles. The average molecular weight is 231 g/mol. The summed E-state index contributed by atoms with van der Waals surface area (Å²) >= 11 is 0. The van der Waals surface area contributed by atoms with Gasteiger partial charge in [-0.25, -0.2) is 0 Å². The highest BCUT2D eigenvalue weighted by Crippen LogP contribution is 2.18. The predicted molar refractivity (Wildman–Crippen MR) is 52.7 cm³/mol. The summed E-state index contributed by atoms with van der Waals surface area (Å²) in [7, 11) is -3.59. The van der Waals surface area contributed by atoms with Crippen LogP contribution in [-0.4, -0.2) is 19.6 Å². The number of nitro benzene ring substituents is 1. The molecule has 0 bridgehead atoms. The second kappa shape index (κ2) is 4.37. The Bertz CT molecular complexity index is 468. The summed E-state index contributed by atoms with van der Waals surface area (Å²) in [6, 6.07) is 5.82. The van der Waals surface area contributed by atoms with Crippen LogP contribution in [0, 0.1) is 10.1 Å². The van der Waals surface area contributed by atoms with Gasteiger partial charge in [0.2, 0.25) is 0 Å². The number of benzene rings is 1. The topological polar surface area (TPSA) is 86.5 Å². The van der Waals surface area contributed by atoms with Crippen molar-refractivity contribution in [2.45, 2.75) is 6.61 Å². The second-order valence-electron chi connectivity index (χ2n) is 2.85. The van der Waals surface area contributed by atoms with Gasteiger partial charge in [0.1, 0.15) is 0 Å². The minimum atomic E-state index is -3.59. The van der Waals surface area contributed by atoms with E-state index in [1.54, 1.807) is 6.07 Å². The fourth-order valence-electron chi connectivity index (χ4n) is 0.982. The molecule has 6 nitrogen and oxygen atoms in total. The zero-order chi connectivity index (χ0) is 11.5. The molecule has 1 aromatic carbocycles. The number of para-hydroxylation sites is 1. The van der Waals surface area contributed by atoms with Gasteiger partial charge in [-0.2, -0.15) is 8.42 Å². The van der Waals surface area contributed by atoms with E-state index >= 15 is 0 Å². The van der Waals surface area contributed by atoms with Crippen molar-refractivity contribution < 1.29 is 17.5 Å². The van der Waals surface area contributed by atoms with Crippen molar-refractivity contribution in [1.29, 1.82) is 0 Å². The van der Waals surface area contributed by atoms with E-state index in [-0.39, 0.29) is 17.9 Å². The van der Waals surface area contributed by atoms with Gasteiger partial charge in [-0.15, -0.1) is 0 Å². The summed E-state index contributed by atoms with van der Waals surface area (Å²) in [5.41, 5.74) is 0.0778. The molecule has 0 aliphatic rings. The lowest BCUT2D eigenvalue weighted by atomic mass is 10.2. The molecule has 0 heterocycles. The molecule has 0 spiro atoms. The minimum Gasteiger partial charge on any atom is -0.265 e. The Morgan fingerprint density at radius 3 is 2.53 bits per heavy atom. The molecule has 0 aromatic heterocycles. The van der Waals surface area contributed by atoms with Crippen molar-refractivity contribution in [3.05, 3.63) is 39.9 Å². The third-order valence-corrected chi connectivity index (χ3v) is 2.16. The molecule has 0 unspecified atom stereocenters. The summed E-state index contributed by atoms with van der Waals surface area (Å²) < 4.78 is 25.9. The zero-order valence-corrected chi connectivity index (χ0v) is 8.73. The second-order valence-corrected chi connectivity index (χ2v) is 4.50. The maximum absolute atomic E-state index is 10.7. The largest absolute Gasteiger partial charge is 0.274 e. The molecule has 1 aromatic rings. The fraction of sp³-hybridized carbons (Fsp3) is 0.250. The Balaban J connectivity index is 2.90. The molecular formula is C8H9NO5S. The highest BCUT2D eigenvalue weighted by atomic mass is 32.2. The van der Waals surface area contributed by atoms with Crippen LogP contribution in [0.3, 0.4) is 0 Å². The van der Waals surface area contributed by atoms with E-state index in [4.69, 9.17) is 0 Å². The third kappa shape index (κ3) is 3.64. The molecule has 0 saturated carbocycles. The number of hydrogen-bond acceptors (Lipinski definition) is 5. The summed E-state index contributed by atoms with van der Waals surface area (Å²) in [6.45, 7) is -0.323. The first-order valence-electron chi connectivity index (χ1n) is 3.97. The Labute approximate surface area is 86.8 Å². The monoisotopic (exact) mass is 231 g/mol. The van der Waals surface area contributed by atoms with Gasteiger partial charge in [0.25, 0.3) is 15.8 Å². The quantitative estimate of drug-likeness (QED) is 0.439. The fourth-order valence-corrected chi connectivity index (χ4v) is 1.32. The Morgan fingerprint density at radius 2 is 2.00 bits per heavy atom. The van der Waals surface area contributed by atoms with Gasteiger partial charge in [-0.3, -0.25) is 14.3 Å². The maximum atomic E-state index is 10.7. The van der Waals surface area contributed by atoms with E-state index in [1.807, 2.05) is 0 Å². The Hall–Kier alpha value is -1.47. The smallest absolute Gasteiger partial charge is 0.265 e. The number of nitro groups is 1. The highest BCUT2D eigenvalue weighted by molar-refractivity contribution is 7.85. The van der Waals surface area contributed by atoms with Crippen LogP contribution in [0.2, 0.25) is 0 Å². The van der Waals surface area contributed by atoms with Crippen molar-refractivity contribution in [3.8, 4) is 0 Å². The van der Waals surface area contributed by atoms with Crippen LogP contribution in [0.25, 0.3) is 0 Å². The Kier molecular flexibility index (Phi) is 3.38. The minimum absolute atomic E-state index is 0.152. The molecule has 15 heavy (non-hydrogen) atoms. The van der Waals surface area contributed by atoms with Gasteiger partial charge >= 0.3 is 0 Å². The van der Waals surface area contributed by atoms with Crippen LogP contribution in [0.4, 0.5) is 5.69 Å². The molecule has 0 radical (unpaired) electrons. The molecule has 0 atom stereocenters. The lowest BCUT2D eigenvalue weighted by Gasteiger charge is -2.02.